The van der Waals surface area contributed by atoms with Crippen LogP contribution in [0.3, 0.4) is 0 Å². The van der Waals surface area contributed by atoms with E-state index in [1.54, 1.807) is 6.92 Å². The van der Waals surface area contributed by atoms with Crippen LogP contribution >= 0.6 is 23.1 Å². The Morgan fingerprint density at radius 1 is 1.11 bits per heavy atom. The van der Waals surface area contributed by atoms with Gasteiger partial charge in [0, 0.05) is 11.4 Å². The Morgan fingerprint density at radius 3 is 2.63 bits per heavy atom. The minimum atomic E-state index is -0.253. The van der Waals surface area contributed by atoms with E-state index in [2.05, 4.69) is 4.99 Å². The van der Waals surface area contributed by atoms with Crippen LogP contribution in [-0.4, -0.2) is 28.8 Å². The molecule has 0 aliphatic carbocycles. The van der Waals surface area contributed by atoms with Crippen molar-refractivity contribution in [2.24, 2.45) is 4.99 Å². The molecule has 0 aliphatic heterocycles. The molecule has 140 valence electrons. The topological polar surface area (TPSA) is 60.7 Å². The van der Waals surface area contributed by atoms with Crippen LogP contribution in [0.15, 0.2) is 64.5 Å². The highest BCUT2D eigenvalue weighted by Crippen LogP contribution is 2.18. The van der Waals surface area contributed by atoms with E-state index >= 15 is 0 Å². The maximum absolute atomic E-state index is 12.4. The van der Waals surface area contributed by atoms with Gasteiger partial charge in [0.15, 0.2) is 4.80 Å². The predicted octanol–water partition coefficient (Wildman–Crippen LogP) is 3.88. The van der Waals surface area contributed by atoms with Gasteiger partial charge in [0.05, 0.1) is 29.0 Å². The molecule has 1 amide bonds. The van der Waals surface area contributed by atoms with E-state index in [9.17, 15) is 9.59 Å². The molecule has 27 heavy (non-hydrogen) atoms. The molecule has 7 heteroatoms. The van der Waals surface area contributed by atoms with Crippen LogP contribution in [0, 0.1) is 0 Å². The van der Waals surface area contributed by atoms with Crippen molar-refractivity contribution in [1.29, 1.82) is 0 Å². The van der Waals surface area contributed by atoms with Gasteiger partial charge in [-0.3, -0.25) is 9.59 Å². The molecule has 1 aromatic heterocycles. The van der Waals surface area contributed by atoms with Crippen LogP contribution in [0.5, 0.6) is 0 Å². The summed E-state index contributed by atoms with van der Waals surface area (Å²) in [5, 5.41) is 0. The normalized spacial score (nSPS) is 11.7. The second-order valence-electron chi connectivity index (χ2n) is 5.67. The van der Waals surface area contributed by atoms with Gasteiger partial charge in [-0.2, -0.15) is 4.99 Å². The summed E-state index contributed by atoms with van der Waals surface area (Å²) in [5.41, 5.74) is 0.967. The van der Waals surface area contributed by atoms with E-state index in [4.69, 9.17) is 4.74 Å². The van der Waals surface area contributed by atoms with E-state index in [-0.39, 0.29) is 24.1 Å². The van der Waals surface area contributed by atoms with Gasteiger partial charge >= 0.3 is 5.97 Å². The van der Waals surface area contributed by atoms with Crippen molar-refractivity contribution >= 4 is 45.2 Å². The Labute approximate surface area is 165 Å². The highest BCUT2D eigenvalue weighted by Gasteiger charge is 2.10. The maximum atomic E-state index is 12.4. The molecule has 0 N–H and O–H groups in total. The van der Waals surface area contributed by atoms with E-state index in [1.807, 2.05) is 59.2 Å². The summed E-state index contributed by atoms with van der Waals surface area (Å²) in [6.45, 7) is 2.58. The lowest BCUT2D eigenvalue weighted by molar-refractivity contribution is -0.143. The number of thiazole rings is 1. The average molecular weight is 401 g/mol. The molecule has 0 saturated carbocycles. The number of nitrogens with zero attached hydrogens (tertiary/aromatic N) is 2. The van der Waals surface area contributed by atoms with Gasteiger partial charge in [-0.1, -0.05) is 41.7 Å². The maximum Gasteiger partial charge on any atom is 0.307 e. The minimum Gasteiger partial charge on any atom is -0.466 e. The van der Waals surface area contributed by atoms with Crippen LogP contribution in [0.25, 0.3) is 10.2 Å². The lowest BCUT2D eigenvalue weighted by Gasteiger charge is -2.05. The summed E-state index contributed by atoms with van der Waals surface area (Å²) in [6, 6.07) is 17.6. The number of hydrogen-bond acceptors (Lipinski definition) is 5. The molecule has 0 atom stereocenters. The first-order chi connectivity index (χ1) is 13.2. The quantitative estimate of drug-likeness (QED) is 0.446. The first-order valence-electron chi connectivity index (χ1n) is 8.66. The summed E-state index contributed by atoms with van der Waals surface area (Å²) in [4.78, 5) is 30.1. The number of hydrogen-bond donors (Lipinski definition) is 0. The molecule has 2 aromatic carbocycles. The number of carbonyl (C=O) groups excluding carboxylic acids is 2. The van der Waals surface area contributed by atoms with Gasteiger partial charge in [0.2, 0.25) is 0 Å². The third-order valence-electron chi connectivity index (χ3n) is 3.76. The molecule has 3 rings (SSSR count). The molecule has 0 spiro atoms. The van der Waals surface area contributed by atoms with Gasteiger partial charge in [0.25, 0.3) is 5.91 Å². The number of aromatic nitrogens is 1. The van der Waals surface area contributed by atoms with Crippen molar-refractivity contribution in [2.75, 3.05) is 12.4 Å². The zero-order valence-corrected chi connectivity index (χ0v) is 16.6. The monoisotopic (exact) mass is 400 g/mol. The number of rotatable bonds is 7. The number of carbonyl (C=O) groups is 2. The van der Waals surface area contributed by atoms with E-state index < -0.39 is 0 Å². The molecule has 0 bridgehead atoms. The van der Waals surface area contributed by atoms with Gasteiger partial charge in [0.1, 0.15) is 0 Å². The lowest BCUT2D eigenvalue weighted by Crippen LogP contribution is -2.20. The Morgan fingerprint density at radius 2 is 1.85 bits per heavy atom. The highest BCUT2D eigenvalue weighted by atomic mass is 32.2. The van der Waals surface area contributed by atoms with Crippen molar-refractivity contribution in [3.8, 4) is 0 Å². The van der Waals surface area contributed by atoms with Crippen molar-refractivity contribution < 1.29 is 14.3 Å². The molecule has 5 nitrogen and oxygen atoms in total. The highest BCUT2D eigenvalue weighted by molar-refractivity contribution is 8.00. The van der Waals surface area contributed by atoms with E-state index in [1.165, 1.54) is 23.1 Å². The molecule has 0 radical (unpaired) electrons. The zero-order chi connectivity index (χ0) is 19.1. The van der Waals surface area contributed by atoms with Crippen LogP contribution in [0.4, 0.5) is 0 Å². The van der Waals surface area contributed by atoms with Gasteiger partial charge < -0.3 is 9.30 Å². The largest absolute Gasteiger partial charge is 0.466 e. The summed E-state index contributed by atoms with van der Waals surface area (Å²) in [6.07, 6.45) is 0.245. The van der Waals surface area contributed by atoms with Gasteiger partial charge in [-0.05, 0) is 31.2 Å². The fourth-order valence-electron chi connectivity index (χ4n) is 2.56. The summed E-state index contributed by atoms with van der Waals surface area (Å²) in [7, 11) is 0. The van der Waals surface area contributed by atoms with Crippen LogP contribution in [-0.2, 0) is 20.9 Å². The Balaban J connectivity index is 1.81. The molecular weight excluding hydrogens is 380 g/mol. The molecular formula is C20H20N2O3S2. The van der Waals surface area contributed by atoms with E-state index in [0.717, 1.165) is 15.1 Å². The number of para-hydroxylation sites is 1. The lowest BCUT2D eigenvalue weighted by atomic mass is 10.3. The fourth-order valence-corrected chi connectivity index (χ4v) is 4.34. The second kappa shape index (κ2) is 9.53. The Bertz CT molecular complexity index is 993. The first-order valence-corrected chi connectivity index (χ1v) is 10.5. The number of ether oxygens (including phenoxy) is 1. The first kappa shape index (κ1) is 19.4. The summed E-state index contributed by atoms with van der Waals surface area (Å²) < 4.78 is 7.96. The molecule has 0 unspecified atom stereocenters. The fraction of sp³-hybridized carbons (Fsp3) is 0.250. The molecule has 0 fully saturated rings. The number of thioether (sulfide) groups is 1. The number of aryl methyl sites for hydroxylation is 1. The van der Waals surface area contributed by atoms with Crippen molar-refractivity contribution in [3.05, 3.63) is 59.4 Å². The molecule has 3 aromatic rings. The average Bonchev–Trinajstić information content (AvgIpc) is 3.03. The van der Waals surface area contributed by atoms with Crippen LogP contribution in [0.1, 0.15) is 13.3 Å². The van der Waals surface area contributed by atoms with E-state index in [0.29, 0.717) is 18.0 Å². The van der Waals surface area contributed by atoms with Gasteiger partial charge in [-0.25, -0.2) is 0 Å². The minimum absolute atomic E-state index is 0.194. The SMILES string of the molecule is CCOC(=O)CCn1c(=NC(=O)CSc2ccccc2)sc2ccccc21. The third kappa shape index (κ3) is 5.30. The van der Waals surface area contributed by atoms with Crippen molar-refractivity contribution in [2.45, 2.75) is 24.8 Å². The second-order valence-corrected chi connectivity index (χ2v) is 7.72. The van der Waals surface area contributed by atoms with Crippen molar-refractivity contribution in [3.63, 3.8) is 0 Å². The zero-order valence-electron chi connectivity index (χ0n) is 15.0. The smallest absolute Gasteiger partial charge is 0.307 e. The van der Waals surface area contributed by atoms with Crippen LogP contribution in [0.2, 0.25) is 0 Å². The van der Waals surface area contributed by atoms with Gasteiger partial charge in [-0.15, -0.1) is 11.8 Å². The summed E-state index contributed by atoms with van der Waals surface area (Å²) >= 11 is 2.92. The third-order valence-corrected chi connectivity index (χ3v) is 5.82. The number of amides is 1. The Kier molecular flexibility index (Phi) is 6.84. The Hall–Kier alpha value is -2.38. The number of esters is 1. The molecule has 0 saturated heterocycles. The number of benzene rings is 2. The van der Waals surface area contributed by atoms with Crippen LogP contribution < -0.4 is 4.80 Å². The summed E-state index contributed by atoms with van der Waals surface area (Å²) in [5.74, 6) is -0.173. The standard InChI is InChI=1S/C20H20N2O3S2/c1-2-25-19(24)12-13-22-16-10-6-7-11-17(16)27-20(22)21-18(23)14-26-15-8-4-3-5-9-15/h3-11H,2,12-14H2,1H3. The van der Waals surface area contributed by atoms with Crippen molar-refractivity contribution in [1.82, 2.24) is 4.57 Å². The molecule has 1 heterocycles. The molecule has 0 aliphatic rings. The predicted molar refractivity (Wildman–Crippen MR) is 109 cm³/mol. The number of fused-ring (bicyclic) bond motifs is 1.